The van der Waals surface area contributed by atoms with Crippen molar-refractivity contribution in [1.82, 2.24) is 15.5 Å². The second-order valence-electron chi connectivity index (χ2n) is 6.81. The van der Waals surface area contributed by atoms with E-state index in [2.05, 4.69) is 15.5 Å². The maximum atomic E-state index is 12.6. The minimum absolute atomic E-state index is 0.0378. The Labute approximate surface area is 159 Å². The highest BCUT2D eigenvalue weighted by molar-refractivity contribution is 6.00. The van der Waals surface area contributed by atoms with Gasteiger partial charge in [0.1, 0.15) is 0 Å². The van der Waals surface area contributed by atoms with E-state index in [-0.39, 0.29) is 24.6 Å². The minimum atomic E-state index is -0.445. The van der Waals surface area contributed by atoms with E-state index in [4.69, 9.17) is 14.2 Å². The second-order valence-corrected chi connectivity index (χ2v) is 6.81. The van der Waals surface area contributed by atoms with E-state index in [0.717, 1.165) is 26.3 Å². The molecule has 1 aromatic carbocycles. The average molecular weight is 377 g/mol. The first-order chi connectivity index (χ1) is 13.0. The molecule has 0 saturated carbocycles. The third kappa shape index (κ3) is 5.41. The fourth-order valence-electron chi connectivity index (χ4n) is 3.19. The van der Waals surface area contributed by atoms with Crippen LogP contribution in [0, 0.1) is 0 Å². The summed E-state index contributed by atoms with van der Waals surface area (Å²) >= 11 is 0. The number of carbonyl (C=O) groups excluding carboxylic acids is 2. The van der Waals surface area contributed by atoms with Crippen LogP contribution < -0.4 is 20.1 Å². The molecule has 1 amide bonds. The molecule has 1 saturated heterocycles. The topological polar surface area (TPSA) is 89.1 Å². The number of ketones is 1. The van der Waals surface area contributed by atoms with Gasteiger partial charge in [-0.05, 0) is 32.0 Å². The van der Waals surface area contributed by atoms with Gasteiger partial charge in [0.2, 0.25) is 12.7 Å². The van der Waals surface area contributed by atoms with Gasteiger partial charge < -0.3 is 19.5 Å². The number of benzene rings is 1. The Morgan fingerprint density at radius 2 is 1.89 bits per heavy atom. The van der Waals surface area contributed by atoms with Crippen molar-refractivity contribution in [3.8, 4) is 11.5 Å². The first kappa shape index (κ1) is 19.6. The van der Waals surface area contributed by atoms with Gasteiger partial charge in [0.05, 0.1) is 25.4 Å². The quantitative estimate of drug-likeness (QED) is 0.511. The lowest BCUT2D eigenvalue weighted by Gasteiger charge is -2.26. The molecule has 1 aromatic rings. The molecule has 3 rings (SSSR count). The summed E-state index contributed by atoms with van der Waals surface area (Å²) in [6.07, 6.45) is 0.117. The van der Waals surface area contributed by atoms with Crippen molar-refractivity contribution in [2.24, 2.45) is 0 Å². The Hall–Kier alpha value is -2.16. The van der Waals surface area contributed by atoms with Crippen molar-refractivity contribution in [3.05, 3.63) is 23.8 Å². The normalized spacial score (nSPS) is 18.7. The van der Waals surface area contributed by atoms with Gasteiger partial charge in [0.15, 0.2) is 17.3 Å². The second kappa shape index (κ2) is 9.16. The van der Waals surface area contributed by atoms with E-state index in [0.29, 0.717) is 30.0 Å². The minimum Gasteiger partial charge on any atom is -0.454 e. The van der Waals surface area contributed by atoms with Crippen molar-refractivity contribution in [3.63, 3.8) is 0 Å². The first-order valence-electron chi connectivity index (χ1n) is 9.32. The summed E-state index contributed by atoms with van der Waals surface area (Å²) in [6.45, 7) is 7.67. The Bertz CT molecular complexity index is 675. The maximum absolute atomic E-state index is 12.6. The molecule has 0 radical (unpaired) electrons. The van der Waals surface area contributed by atoms with Crippen molar-refractivity contribution in [2.75, 3.05) is 39.6 Å². The molecule has 2 unspecified atom stereocenters. The molecule has 2 heterocycles. The fourth-order valence-corrected chi connectivity index (χ4v) is 3.19. The molecule has 0 bridgehead atoms. The van der Waals surface area contributed by atoms with Gasteiger partial charge in [0.25, 0.3) is 0 Å². The number of rotatable bonds is 8. The van der Waals surface area contributed by atoms with Gasteiger partial charge in [-0.2, -0.15) is 0 Å². The predicted molar refractivity (Wildman–Crippen MR) is 99.0 cm³/mol. The number of Topliss-reactive ketones (excluding diaryl/α,β-unsaturated/α-hetero) is 1. The van der Waals surface area contributed by atoms with Crippen LogP contribution in [0.4, 0.5) is 0 Å². The molecule has 8 heteroatoms. The zero-order chi connectivity index (χ0) is 19.2. The highest BCUT2D eigenvalue weighted by Crippen LogP contribution is 2.32. The molecule has 2 N–H and O–H groups in total. The molecule has 2 aliphatic rings. The Morgan fingerprint density at radius 3 is 2.67 bits per heavy atom. The Balaban J connectivity index is 1.43. The molecule has 2 aliphatic heterocycles. The van der Waals surface area contributed by atoms with Crippen LogP contribution in [0.2, 0.25) is 0 Å². The molecule has 2 atom stereocenters. The van der Waals surface area contributed by atoms with Gasteiger partial charge in [-0.25, -0.2) is 0 Å². The lowest BCUT2D eigenvalue weighted by atomic mass is 10.0. The lowest BCUT2D eigenvalue weighted by molar-refractivity contribution is -0.122. The maximum Gasteiger partial charge on any atom is 0.231 e. The van der Waals surface area contributed by atoms with Crippen LogP contribution >= 0.6 is 0 Å². The summed E-state index contributed by atoms with van der Waals surface area (Å²) in [6, 6.07) is 4.70. The van der Waals surface area contributed by atoms with Crippen LogP contribution in [-0.2, 0) is 9.53 Å². The van der Waals surface area contributed by atoms with Gasteiger partial charge >= 0.3 is 0 Å². The molecule has 0 aromatic heterocycles. The predicted octanol–water partition coefficient (Wildman–Crippen LogP) is 0.761. The number of nitrogens with one attached hydrogen (secondary N) is 2. The lowest BCUT2D eigenvalue weighted by Crippen LogP contribution is -2.50. The number of fused-ring (bicyclic) bond motifs is 1. The van der Waals surface area contributed by atoms with Crippen LogP contribution in [0.5, 0.6) is 11.5 Å². The fraction of sp³-hybridized carbons (Fsp3) is 0.579. The van der Waals surface area contributed by atoms with Gasteiger partial charge in [0, 0.05) is 31.6 Å². The van der Waals surface area contributed by atoms with Crippen LogP contribution in [0.25, 0.3) is 0 Å². The summed E-state index contributed by atoms with van der Waals surface area (Å²) in [5.41, 5.74) is 0.546. The van der Waals surface area contributed by atoms with Crippen LogP contribution in [-0.4, -0.2) is 68.4 Å². The largest absolute Gasteiger partial charge is 0.454 e. The van der Waals surface area contributed by atoms with Crippen molar-refractivity contribution in [2.45, 2.75) is 32.5 Å². The molecule has 8 nitrogen and oxygen atoms in total. The highest BCUT2D eigenvalue weighted by atomic mass is 16.7. The Kier molecular flexibility index (Phi) is 6.65. The van der Waals surface area contributed by atoms with E-state index in [1.807, 2.05) is 6.92 Å². The molecule has 148 valence electrons. The molecule has 27 heavy (non-hydrogen) atoms. The third-order valence-electron chi connectivity index (χ3n) is 4.69. The van der Waals surface area contributed by atoms with E-state index < -0.39 is 6.04 Å². The van der Waals surface area contributed by atoms with E-state index in [1.54, 1.807) is 25.1 Å². The zero-order valence-corrected chi connectivity index (χ0v) is 15.8. The summed E-state index contributed by atoms with van der Waals surface area (Å²) in [4.78, 5) is 26.9. The number of hydrogen-bond acceptors (Lipinski definition) is 7. The number of amides is 1. The van der Waals surface area contributed by atoms with Crippen LogP contribution in [0.3, 0.4) is 0 Å². The number of ether oxygens (including phenoxy) is 3. The number of morpholine rings is 1. The number of nitrogens with zero attached hydrogens (tertiary/aromatic N) is 1. The SMILES string of the molecule is CC(NC(=O)CCN1CCOCC1)NC(C)C(=O)c1ccc2c(c1)OCO2. The molecular formula is C19H27N3O5. The molecule has 0 spiro atoms. The monoisotopic (exact) mass is 377 g/mol. The molecule has 0 aliphatic carbocycles. The van der Waals surface area contributed by atoms with E-state index in [9.17, 15) is 9.59 Å². The van der Waals surface area contributed by atoms with Gasteiger partial charge in [-0.3, -0.25) is 19.8 Å². The smallest absolute Gasteiger partial charge is 0.231 e. The Morgan fingerprint density at radius 1 is 1.15 bits per heavy atom. The van der Waals surface area contributed by atoms with Crippen LogP contribution in [0.1, 0.15) is 30.6 Å². The average Bonchev–Trinajstić information content (AvgIpc) is 3.14. The molecule has 1 fully saturated rings. The summed E-state index contributed by atoms with van der Waals surface area (Å²) < 4.78 is 15.9. The van der Waals surface area contributed by atoms with Crippen molar-refractivity contribution < 1.29 is 23.8 Å². The first-order valence-corrected chi connectivity index (χ1v) is 9.32. The number of hydrogen-bond donors (Lipinski definition) is 2. The van der Waals surface area contributed by atoms with E-state index in [1.165, 1.54) is 0 Å². The molecular weight excluding hydrogens is 350 g/mol. The van der Waals surface area contributed by atoms with Crippen molar-refractivity contribution >= 4 is 11.7 Å². The van der Waals surface area contributed by atoms with Crippen molar-refractivity contribution in [1.29, 1.82) is 0 Å². The zero-order valence-electron chi connectivity index (χ0n) is 15.8. The standard InChI is InChI=1S/C19H27N3O5/c1-13(19(24)15-3-4-16-17(11-15)27-12-26-16)20-14(2)21-18(23)5-6-22-7-9-25-10-8-22/h3-4,11,13-14,20H,5-10,12H2,1-2H3,(H,21,23). The van der Waals surface area contributed by atoms with Crippen LogP contribution in [0.15, 0.2) is 18.2 Å². The third-order valence-corrected chi connectivity index (χ3v) is 4.69. The van der Waals surface area contributed by atoms with Gasteiger partial charge in [-0.1, -0.05) is 0 Å². The number of carbonyl (C=O) groups is 2. The summed E-state index contributed by atoms with van der Waals surface area (Å²) in [7, 11) is 0. The van der Waals surface area contributed by atoms with Gasteiger partial charge in [-0.15, -0.1) is 0 Å². The summed E-state index contributed by atoms with van der Waals surface area (Å²) in [5, 5.41) is 6.02. The van der Waals surface area contributed by atoms with E-state index >= 15 is 0 Å². The summed E-state index contributed by atoms with van der Waals surface area (Å²) in [5.74, 6) is 1.12. The highest BCUT2D eigenvalue weighted by Gasteiger charge is 2.21.